The van der Waals surface area contributed by atoms with Gasteiger partial charge in [0.1, 0.15) is 17.3 Å². The van der Waals surface area contributed by atoms with E-state index in [1.165, 1.54) is 0 Å². The van der Waals surface area contributed by atoms with Crippen LogP contribution in [0.5, 0.6) is 11.5 Å². The molecule has 2 heterocycles. The van der Waals surface area contributed by atoms with E-state index >= 15 is 0 Å². The SMILES string of the molecule is COc1cc(OC)c2c(C)cc(N3CCN(CCO)CC3)nc2c1. The Labute approximate surface area is 142 Å². The van der Waals surface area contributed by atoms with Crippen LogP contribution in [-0.4, -0.2) is 68.5 Å². The molecule has 1 aliphatic heterocycles. The van der Waals surface area contributed by atoms with Crippen LogP contribution in [0, 0.1) is 6.92 Å². The van der Waals surface area contributed by atoms with Gasteiger partial charge in [0.05, 0.1) is 26.3 Å². The van der Waals surface area contributed by atoms with E-state index in [0.29, 0.717) is 0 Å². The Morgan fingerprint density at radius 3 is 2.46 bits per heavy atom. The second kappa shape index (κ2) is 7.23. The number of hydrogen-bond acceptors (Lipinski definition) is 6. The molecule has 0 aliphatic carbocycles. The Balaban J connectivity index is 1.93. The Kier molecular flexibility index (Phi) is 5.06. The average molecular weight is 331 g/mol. The standard InChI is InChI=1S/C18H25N3O3/c1-13-10-17(21-6-4-20(5-7-21)8-9-22)19-15-11-14(23-2)12-16(24-3)18(13)15/h10-12,22H,4-9H2,1-3H3. The van der Waals surface area contributed by atoms with Gasteiger partial charge in [-0.15, -0.1) is 0 Å². The van der Waals surface area contributed by atoms with Crippen LogP contribution in [0.4, 0.5) is 5.82 Å². The van der Waals surface area contributed by atoms with Crippen molar-refractivity contribution in [1.82, 2.24) is 9.88 Å². The van der Waals surface area contributed by atoms with Crippen molar-refractivity contribution in [2.45, 2.75) is 6.92 Å². The Hall–Kier alpha value is -2.05. The number of hydrogen-bond donors (Lipinski definition) is 1. The van der Waals surface area contributed by atoms with Crippen LogP contribution in [0.3, 0.4) is 0 Å². The molecule has 1 aliphatic rings. The number of aryl methyl sites for hydroxylation is 1. The van der Waals surface area contributed by atoms with Crippen LogP contribution < -0.4 is 14.4 Å². The summed E-state index contributed by atoms with van der Waals surface area (Å²) in [4.78, 5) is 9.42. The molecule has 0 saturated carbocycles. The van der Waals surface area contributed by atoms with Gasteiger partial charge in [-0.25, -0.2) is 4.98 Å². The minimum Gasteiger partial charge on any atom is -0.497 e. The molecular weight excluding hydrogens is 306 g/mol. The smallest absolute Gasteiger partial charge is 0.132 e. The number of anilines is 1. The first-order valence-corrected chi connectivity index (χ1v) is 8.27. The fourth-order valence-corrected chi connectivity index (χ4v) is 3.27. The van der Waals surface area contributed by atoms with Crippen LogP contribution >= 0.6 is 0 Å². The molecule has 1 aromatic carbocycles. The summed E-state index contributed by atoms with van der Waals surface area (Å²) in [5.41, 5.74) is 2.03. The van der Waals surface area contributed by atoms with E-state index in [1.807, 2.05) is 12.1 Å². The number of pyridine rings is 1. The van der Waals surface area contributed by atoms with Crippen LogP contribution in [0.2, 0.25) is 0 Å². The highest BCUT2D eigenvalue weighted by atomic mass is 16.5. The molecule has 130 valence electrons. The summed E-state index contributed by atoms with van der Waals surface area (Å²) in [6.45, 7) is 6.77. The molecule has 0 radical (unpaired) electrons. The number of aliphatic hydroxyl groups is 1. The quantitative estimate of drug-likeness (QED) is 0.899. The summed E-state index contributed by atoms with van der Waals surface area (Å²) in [5.74, 6) is 2.52. The van der Waals surface area contributed by atoms with E-state index in [-0.39, 0.29) is 6.61 Å². The molecule has 3 rings (SSSR count). The van der Waals surface area contributed by atoms with Crippen molar-refractivity contribution in [2.75, 3.05) is 58.5 Å². The Morgan fingerprint density at radius 2 is 1.83 bits per heavy atom. The van der Waals surface area contributed by atoms with Crippen molar-refractivity contribution in [1.29, 1.82) is 0 Å². The van der Waals surface area contributed by atoms with Crippen LogP contribution in [0.15, 0.2) is 18.2 Å². The molecule has 1 saturated heterocycles. The summed E-state index contributed by atoms with van der Waals surface area (Å²) in [6, 6.07) is 5.97. The number of piperazine rings is 1. The number of fused-ring (bicyclic) bond motifs is 1. The number of ether oxygens (including phenoxy) is 2. The molecule has 0 amide bonds. The van der Waals surface area contributed by atoms with Crippen molar-refractivity contribution in [3.05, 3.63) is 23.8 Å². The van der Waals surface area contributed by atoms with Crippen molar-refractivity contribution < 1.29 is 14.6 Å². The number of β-amino-alcohol motifs (C(OH)–C–C–N with tert-alkyl or cyclic N) is 1. The van der Waals surface area contributed by atoms with Gasteiger partial charge in [0.25, 0.3) is 0 Å². The molecule has 0 unspecified atom stereocenters. The predicted molar refractivity (Wildman–Crippen MR) is 95.3 cm³/mol. The first kappa shape index (κ1) is 16.8. The van der Waals surface area contributed by atoms with Gasteiger partial charge >= 0.3 is 0 Å². The third-order valence-electron chi connectivity index (χ3n) is 4.60. The first-order chi connectivity index (χ1) is 11.7. The minimum absolute atomic E-state index is 0.215. The van der Waals surface area contributed by atoms with Crippen LogP contribution in [0.25, 0.3) is 10.9 Å². The Bertz CT molecular complexity index is 712. The lowest BCUT2D eigenvalue weighted by Crippen LogP contribution is -2.47. The van der Waals surface area contributed by atoms with Gasteiger partial charge in [0, 0.05) is 50.2 Å². The normalized spacial score (nSPS) is 15.8. The van der Waals surface area contributed by atoms with Gasteiger partial charge in [0.15, 0.2) is 0 Å². The number of methoxy groups -OCH3 is 2. The molecule has 24 heavy (non-hydrogen) atoms. The van der Waals surface area contributed by atoms with E-state index in [9.17, 15) is 0 Å². The third-order valence-corrected chi connectivity index (χ3v) is 4.60. The van der Waals surface area contributed by atoms with E-state index in [1.54, 1.807) is 14.2 Å². The van der Waals surface area contributed by atoms with Gasteiger partial charge in [-0.1, -0.05) is 0 Å². The van der Waals surface area contributed by atoms with Crippen LogP contribution in [-0.2, 0) is 0 Å². The summed E-state index contributed by atoms with van der Waals surface area (Å²) in [7, 11) is 3.32. The van der Waals surface area contributed by atoms with Gasteiger partial charge in [-0.2, -0.15) is 0 Å². The maximum absolute atomic E-state index is 9.06. The highest BCUT2D eigenvalue weighted by Gasteiger charge is 2.19. The molecule has 2 aromatic rings. The summed E-state index contributed by atoms with van der Waals surface area (Å²) in [5, 5.41) is 10.1. The van der Waals surface area contributed by atoms with Crippen molar-refractivity contribution >= 4 is 16.7 Å². The van der Waals surface area contributed by atoms with Gasteiger partial charge < -0.3 is 19.5 Å². The van der Waals surface area contributed by atoms with Crippen LogP contribution in [0.1, 0.15) is 5.56 Å². The fraction of sp³-hybridized carbons (Fsp3) is 0.500. The predicted octanol–water partition coefficient (Wildman–Crippen LogP) is 1.67. The lowest BCUT2D eigenvalue weighted by molar-refractivity contribution is 0.188. The van der Waals surface area contributed by atoms with E-state index in [0.717, 1.165) is 66.5 Å². The molecule has 1 fully saturated rings. The summed E-state index contributed by atoms with van der Waals surface area (Å²) in [6.07, 6.45) is 0. The van der Waals surface area contributed by atoms with E-state index in [4.69, 9.17) is 19.6 Å². The molecule has 1 aromatic heterocycles. The molecule has 1 N–H and O–H groups in total. The summed E-state index contributed by atoms with van der Waals surface area (Å²) >= 11 is 0. The molecular formula is C18H25N3O3. The van der Waals surface area contributed by atoms with Crippen molar-refractivity contribution in [3.63, 3.8) is 0 Å². The molecule has 6 nitrogen and oxygen atoms in total. The maximum Gasteiger partial charge on any atom is 0.132 e. The topological polar surface area (TPSA) is 58.1 Å². The number of benzene rings is 1. The Morgan fingerprint density at radius 1 is 1.08 bits per heavy atom. The fourth-order valence-electron chi connectivity index (χ4n) is 3.27. The highest BCUT2D eigenvalue weighted by Crippen LogP contribution is 2.34. The largest absolute Gasteiger partial charge is 0.497 e. The zero-order valence-electron chi connectivity index (χ0n) is 14.6. The average Bonchev–Trinajstić information content (AvgIpc) is 2.61. The van der Waals surface area contributed by atoms with E-state index in [2.05, 4.69) is 22.8 Å². The highest BCUT2D eigenvalue weighted by molar-refractivity contribution is 5.91. The zero-order chi connectivity index (χ0) is 17.1. The molecule has 0 bridgehead atoms. The maximum atomic E-state index is 9.06. The zero-order valence-corrected chi connectivity index (χ0v) is 14.6. The first-order valence-electron chi connectivity index (χ1n) is 8.27. The van der Waals surface area contributed by atoms with Crippen molar-refractivity contribution in [2.24, 2.45) is 0 Å². The second-order valence-electron chi connectivity index (χ2n) is 6.07. The lowest BCUT2D eigenvalue weighted by Gasteiger charge is -2.35. The lowest BCUT2D eigenvalue weighted by atomic mass is 10.1. The number of aromatic nitrogens is 1. The number of nitrogens with zero attached hydrogens (tertiary/aromatic N) is 3. The van der Waals surface area contributed by atoms with E-state index < -0.39 is 0 Å². The molecule has 0 spiro atoms. The van der Waals surface area contributed by atoms with Gasteiger partial charge in [0.2, 0.25) is 0 Å². The van der Waals surface area contributed by atoms with Crippen molar-refractivity contribution in [3.8, 4) is 11.5 Å². The molecule has 0 atom stereocenters. The summed E-state index contributed by atoms with van der Waals surface area (Å²) < 4.78 is 10.9. The third kappa shape index (κ3) is 3.25. The number of aliphatic hydroxyl groups excluding tert-OH is 1. The molecule has 6 heteroatoms. The monoisotopic (exact) mass is 331 g/mol. The van der Waals surface area contributed by atoms with Gasteiger partial charge in [-0.3, -0.25) is 4.90 Å². The van der Waals surface area contributed by atoms with Gasteiger partial charge in [-0.05, 0) is 18.6 Å². The second-order valence-corrected chi connectivity index (χ2v) is 6.07. The number of rotatable bonds is 5. The minimum atomic E-state index is 0.215.